The third-order valence-electron chi connectivity index (χ3n) is 3.53. The Morgan fingerprint density at radius 3 is 2.87 bits per heavy atom. The van der Waals surface area contributed by atoms with E-state index in [4.69, 9.17) is 0 Å². The number of carbonyl (C=O) groups excluding carboxylic acids is 1. The molecule has 0 aliphatic heterocycles. The molecule has 0 spiro atoms. The lowest BCUT2D eigenvalue weighted by Crippen LogP contribution is -1.95. The summed E-state index contributed by atoms with van der Waals surface area (Å²) in [4.78, 5) is 12.0. The van der Waals surface area contributed by atoms with E-state index in [1.54, 1.807) is 17.6 Å². The Morgan fingerprint density at radius 1 is 1.39 bits per heavy atom. The summed E-state index contributed by atoms with van der Waals surface area (Å²) in [5, 5.41) is 25.4. The van der Waals surface area contributed by atoms with Crippen molar-refractivity contribution in [2.75, 3.05) is 0 Å². The number of azo groups is 1. The van der Waals surface area contributed by atoms with E-state index in [1.807, 2.05) is 31.2 Å². The number of amides is 1. The number of aryl methyl sites for hydroxylation is 2. The van der Waals surface area contributed by atoms with Gasteiger partial charge in [-0.15, -0.1) is 10.2 Å². The number of carbonyl (C=O) groups is 1. The second-order valence-electron chi connectivity index (χ2n) is 5.28. The van der Waals surface area contributed by atoms with Crippen molar-refractivity contribution in [2.45, 2.75) is 26.8 Å². The van der Waals surface area contributed by atoms with Gasteiger partial charge in [0.2, 0.25) is 5.88 Å². The SMILES string of the molecule is CCCn1c(O)c(N=NC(=O)c2cc(C)[nH]n2)c2ccccc21. The fraction of sp³-hybridized carbons (Fsp3) is 0.250. The summed E-state index contributed by atoms with van der Waals surface area (Å²) in [5.41, 5.74) is 2.13. The zero-order chi connectivity index (χ0) is 16.4. The molecule has 118 valence electrons. The number of benzene rings is 1. The maximum absolute atomic E-state index is 12.0. The average molecular weight is 311 g/mol. The number of rotatable bonds is 4. The average Bonchev–Trinajstić information content (AvgIpc) is 3.09. The lowest BCUT2D eigenvalue weighted by atomic mass is 10.2. The van der Waals surface area contributed by atoms with Crippen LogP contribution in [0, 0.1) is 6.92 Å². The predicted molar refractivity (Wildman–Crippen MR) is 86.1 cm³/mol. The van der Waals surface area contributed by atoms with Gasteiger partial charge in [0.05, 0.1) is 5.52 Å². The van der Waals surface area contributed by atoms with Gasteiger partial charge in [-0.1, -0.05) is 25.1 Å². The van der Waals surface area contributed by atoms with Crippen LogP contribution in [-0.4, -0.2) is 25.8 Å². The number of aromatic amines is 1. The molecular formula is C16H17N5O2. The summed E-state index contributed by atoms with van der Waals surface area (Å²) >= 11 is 0. The van der Waals surface area contributed by atoms with Gasteiger partial charge >= 0.3 is 5.91 Å². The van der Waals surface area contributed by atoms with Crippen molar-refractivity contribution in [2.24, 2.45) is 10.2 Å². The molecule has 0 fully saturated rings. The molecule has 1 aromatic carbocycles. The van der Waals surface area contributed by atoms with Crippen LogP contribution in [0.4, 0.5) is 5.69 Å². The second-order valence-corrected chi connectivity index (χ2v) is 5.28. The Labute approximate surface area is 132 Å². The first kappa shape index (κ1) is 15.0. The zero-order valence-corrected chi connectivity index (χ0v) is 12.9. The zero-order valence-electron chi connectivity index (χ0n) is 12.9. The molecule has 23 heavy (non-hydrogen) atoms. The molecule has 2 aromatic heterocycles. The molecule has 0 atom stereocenters. The molecule has 0 saturated heterocycles. The second kappa shape index (κ2) is 6.04. The highest BCUT2D eigenvalue weighted by Crippen LogP contribution is 2.38. The molecule has 0 bridgehead atoms. The van der Waals surface area contributed by atoms with E-state index in [0.29, 0.717) is 12.2 Å². The number of para-hydroxylation sites is 1. The fourth-order valence-corrected chi connectivity index (χ4v) is 2.49. The molecule has 3 aromatic rings. The number of aromatic hydroxyl groups is 1. The molecule has 0 aliphatic rings. The van der Waals surface area contributed by atoms with E-state index in [9.17, 15) is 9.90 Å². The van der Waals surface area contributed by atoms with E-state index in [-0.39, 0.29) is 11.6 Å². The maximum Gasteiger partial charge on any atom is 0.315 e. The standard InChI is InChI=1S/C16H17N5O2/c1-3-8-21-13-7-5-4-6-11(13)14(16(21)23)19-20-15(22)12-9-10(2)17-18-12/h4-7,9,23H,3,8H2,1-2H3,(H,17,18). The van der Waals surface area contributed by atoms with Crippen molar-refractivity contribution in [3.8, 4) is 5.88 Å². The number of H-pyrrole nitrogens is 1. The van der Waals surface area contributed by atoms with Gasteiger partial charge in [0, 0.05) is 17.6 Å². The smallest absolute Gasteiger partial charge is 0.315 e. The summed E-state index contributed by atoms with van der Waals surface area (Å²) in [6, 6.07) is 9.10. The van der Waals surface area contributed by atoms with Gasteiger partial charge in [0.15, 0.2) is 11.4 Å². The molecular weight excluding hydrogens is 294 g/mol. The van der Waals surface area contributed by atoms with Crippen LogP contribution in [-0.2, 0) is 6.54 Å². The number of hydrogen-bond acceptors (Lipinski definition) is 4. The normalized spacial score (nSPS) is 11.6. The van der Waals surface area contributed by atoms with Gasteiger partial charge in [0.25, 0.3) is 0 Å². The summed E-state index contributed by atoms with van der Waals surface area (Å²) in [7, 11) is 0. The Balaban J connectivity index is 2.01. The Kier molecular flexibility index (Phi) is 3.92. The topological polar surface area (TPSA) is 95.6 Å². The van der Waals surface area contributed by atoms with Crippen LogP contribution in [0.3, 0.4) is 0 Å². The molecule has 7 heteroatoms. The summed E-state index contributed by atoms with van der Waals surface area (Å²) in [6.07, 6.45) is 0.869. The fourth-order valence-electron chi connectivity index (χ4n) is 2.49. The van der Waals surface area contributed by atoms with Gasteiger partial charge in [-0.2, -0.15) is 5.10 Å². The molecule has 7 nitrogen and oxygen atoms in total. The quantitative estimate of drug-likeness (QED) is 0.719. The lowest BCUT2D eigenvalue weighted by Gasteiger charge is -2.03. The Hall–Kier alpha value is -2.96. The van der Waals surface area contributed by atoms with Crippen molar-refractivity contribution < 1.29 is 9.90 Å². The summed E-state index contributed by atoms with van der Waals surface area (Å²) in [5.74, 6) is -0.538. The minimum Gasteiger partial charge on any atom is -0.493 e. The Morgan fingerprint density at radius 2 is 2.17 bits per heavy atom. The minimum absolute atomic E-state index is 0.0165. The molecule has 2 N–H and O–H groups in total. The molecule has 0 radical (unpaired) electrons. The van der Waals surface area contributed by atoms with E-state index in [1.165, 1.54) is 0 Å². The van der Waals surface area contributed by atoms with Crippen LogP contribution in [0.25, 0.3) is 10.9 Å². The highest BCUT2D eigenvalue weighted by atomic mass is 16.3. The van der Waals surface area contributed by atoms with Crippen molar-refractivity contribution in [3.63, 3.8) is 0 Å². The minimum atomic E-state index is -0.555. The van der Waals surface area contributed by atoms with Crippen molar-refractivity contribution in [3.05, 3.63) is 41.7 Å². The van der Waals surface area contributed by atoms with Gasteiger partial charge < -0.3 is 9.67 Å². The predicted octanol–water partition coefficient (Wildman–Crippen LogP) is 3.71. The van der Waals surface area contributed by atoms with Crippen LogP contribution in [0.15, 0.2) is 40.6 Å². The third kappa shape index (κ3) is 2.73. The van der Waals surface area contributed by atoms with Gasteiger partial charge in [-0.05, 0) is 25.5 Å². The van der Waals surface area contributed by atoms with Crippen LogP contribution in [0.2, 0.25) is 0 Å². The van der Waals surface area contributed by atoms with Crippen molar-refractivity contribution >= 4 is 22.5 Å². The van der Waals surface area contributed by atoms with E-state index < -0.39 is 5.91 Å². The highest BCUT2D eigenvalue weighted by molar-refractivity contribution is 5.96. The number of nitrogens with one attached hydrogen (secondary N) is 1. The number of fused-ring (bicyclic) bond motifs is 1. The first-order valence-electron chi connectivity index (χ1n) is 7.40. The molecule has 0 saturated carbocycles. The first-order chi connectivity index (χ1) is 11.1. The first-order valence-corrected chi connectivity index (χ1v) is 7.40. The van der Waals surface area contributed by atoms with Crippen molar-refractivity contribution in [1.82, 2.24) is 14.8 Å². The van der Waals surface area contributed by atoms with Crippen LogP contribution < -0.4 is 0 Å². The molecule has 0 aliphatic carbocycles. The van der Waals surface area contributed by atoms with Gasteiger partial charge in [-0.3, -0.25) is 9.89 Å². The molecule has 0 unspecified atom stereocenters. The van der Waals surface area contributed by atoms with Crippen LogP contribution in [0.1, 0.15) is 29.5 Å². The third-order valence-corrected chi connectivity index (χ3v) is 3.53. The van der Waals surface area contributed by atoms with E-state index >= 15 is 0 Å². The lowest BCUT2D eigenvalue weighted by molar-refractivity contribution is 0.0990. The van der Waals surface area contributed by atoms with Crippen molar-refractivity contribution in [1.29, 1.82) is 0 Å². The molecule has 3 rings (SSSR count). The van der Waals surface area contributed by atoms with E-state index in [2.05, 4.69) is 20.4 Å². The van der Waals surface area contributed by atoms with Crippen LogP contribution in [0.5, 0.6) is 5.88 Å². The Bertz CT molecular complexity index is 891. The number of aromatic nitrogens is 3. The van der Waals surface area contributed by atoms with Gasteiger partial charge in [0.1, 0.15) is 0 Å². The summed E-state index contributed by atoms with van der Waals surface area (Å²) in [6.45, 7) is 4.48. The highest BCUT2D eigenvalue weighted by Gasteiger charge is 2.16. The van der Waals surface area contributed by atoms with Gasteiger partial charge in [-0.25, -0.2) is 0 Å². The molecule has 2 heterocycles. The molecule has 1 amide bonds. The number of nitrogens with zero attached hydrogens (tertiary/aromatic N) is 4. The maximum atomic E-state index is 12.0. The largest absolute Gasteiger partial charge is 0.493 e. The van der Waals surface area contributed by atoms with Crippen LogP contribution >= 0.6 is 0 Å². The monoisotopic (exact) mass is 311 g/mol. The van der Waals surface area contributed by atoms with E-state index in [0.717, 1.165) is 23.0 Å². The summed E-state index contributed by atoms with van der Waals surface area (Å²) < 4.78 is 1.77. The number of hydrogen-bond donors (Lipinski definition) is 2.